The van der Waals surface area contributed by atoms with Crippen LogP contribution in [0, 0.1) is 0 Å². The molecule has 7 heteroatoms. The Bertz CT molecular complexity index is 525. The molecule has 0 atom stereocenters. The number of pyridine rings is 1. The molecule has 0 saturated carbocycles. The highest BCUT2D eigenvalue weighted by atomic mass is 16.1. The van der Waals surface area contributed by atoms with Gasteiger partial charge >= 0.3 is 0 Å². The number of aromatic amines is 1. The van der Waals surface area contributed by atoms with Crippen LogP contribution >= 0.6 is 0 Å². The largest absolute Gasteiger partial charge is 0.385 e. The van der Waals surface area contributed by atoms with Crippen molar-refractivity contribution in [2.24, 2.45) is 0 Å². The molecule has 0 aliphatic rings. The molecule has 2 heterocycles. The van der Waals surface area contributed by atoms with Gasteiger partial charge in [0.05, 0.1) is 0 Å². The molecule has 0 unspecified atom stereocenters. The number of nitrogens with zero attached hydrogens (tertiary/aromatic N) is 3. The molecule has 3 N–H and O–H groups in total. The zero-order valence-electron chi connectivity index (χ0n) is 10.7. The van der Waals surface area contributed by atoms with Gasteiger partial charge in [0.15, 0.2) is 0 Å². The van der Waals surface area contributed by atoms with Gasteiger partial charge in [0, 0.05) is 31.4 Å². The van der Waals surface area contributed by atoms with Crippen LogP contribution in [-0.4, -0.2) is 39.2 Å². The van der Waals surface area contributed by atoms with E-state index in [0.717, 1.165) is 18.1 Å². The van der Waals surface area contributed by atoms with Crippen LogP contribution in [0.15, 0.2) is 24.7 Å². The van der Waals surface area contributed by atoms with E-state index in [1.807, 2.05) is 13.0 Å². The zero-order chi connectivity index (χ0) is 13.5. The molecule has 2 rings (SSSR count). The van der Waals surface area contributed by atoms with Crippen molar-refractivity contribution in [2.45, 2.75) is 13.3 Å². The van der Waals surface area contributed by atoms with Crippen LogP contribution in [0.3, 0.4) is 0 Å². The van der Waals surface area contributed by atoms with Gasteiger partial charge in [-0.1, -0.05) is 0 Å². The van der Waals surface area contributed by atoms with Crippen molar-refractivity contribution in [1.29, 1.82) is 0 Å². The second-order valence-electron chi connectivity index (χ2n) is 3.90. The Labute approximate surface area is 110 Å². The lowest BCUT2D eigenvalue weighted by molar-refractivity contribution is 0.0949. The standard InChI is InChI=1S/C12H16N6O/c1-2-13-9-3-5-14-10(7-9)12(19)15-6-4-11-16-8-17-18-11/h3,5,7-8H,2,4,6H2,1H3,(H,13,14)(H,15,19)(H,16,17,18). The quantitative estimate of drug-likeness (QED) is 0.707. The summed E-state index contributed by atoms with van der Waals surface area (Å²) in [4.78, 5) is 19.9. The van der Waals surface area contributed by atoms with Gasteiger partial charge in [0.2, 0.25) is 0 Å². The Morgan fingerprint density at radius 1 is 1.42 bits per heavy atom. The Morgan fingerprint density at radius 3 is 3.05 bits per heavy atom. The summed E-state index contributed by atoms with van der Waals surface area (Å²) in [6.07, 6.45) is 3.67. The molecule has 0 spiro atoms. The minimum atomic E-state index is -0.195. The van der Waals surface area contributed by atoms with E-state index in [-0.39, 0.29) is 5.91 Å². The Morgan fingerprint density at radius 2 is 2.32 bits per heavy atom. The summed E-state index contributed by atoms with van der Waals surface area (Å²) in [5, 5.41) is 12.4. The molecule has 1 amide bonds. The molecule has 0 fully saturated rings. The van der Waals surface area contributed by atoms with Gasteiger partial charge in [0.25, 0.3) is 5.91 Å². The van der Waals surface area contributed by atoms with Crippen LogP contribution in [0.5, 0.6) is 0 Å². The molecular formula is C12H16N6O. The topological polar surface area (TPSA) is 95.6 Å². The van der Waals surface area contributed by atoms with E-state index in [4.69, 9.17) is 0 Å². The van der Waals surface area contributed by atoms with E-state index in [1.165, 1.54) is 6.33 Å². The number of carbonyl (C=O) groups is 1. The molecule has 0 aliphatic heterocycles. The number of H-pyrrole nitrogens is 1. The molecule has 0 aliphatic carbocycles. The van der Waals surface area contributed by atoms with Crippen LogP contribution in [0.2, 0.25) is 0 Å². The van der Waals surface area contributed by atoms with Gasteiger partial charge in [-0.2, -0.15) is 5.10 Å². The number of nitrogens with one attached hydrogen (secondary N) is 3. The van der Waals surface area contributed by atoms with Crippen molar-refractivity contribution in [2.75, 3.05) is 18.4 Å². The smallest absolute Gasteiger partial charge is 0.269 e. The number of amides is 1. The van der Waals surface area contributed by atoms with Crippen LogP contribution in [0.1, 0.15) is 23.2 Å². The lowest BCUT2D eigenvalue weighted by atomic mass is 10.3. The van der Waals surface area contributed by atoms with Crippen LogP contribution in [0.25, 0.3) is 0 Å². The molecule has 7 nitrogen and oxygen atoms in total. The predicted octanol–water partition coefficient (Wildman–Crippen LogP) is 0.604. The van der Waals surface area contributed by atoms with E-state index in [0.29, 0.717) is 18.7 Å². The zero-order valence-corrected chi connectivity index (χ0v) is 10.7. The number of hydrogen-bond acceptors (Lipinski definition) is 5. The third-order valence-corrected chi connectivity index (χ3v) is 2.49. The van der Waals surface area contributed by atoms with Gasteiger partial charge in [-0.05, 0) is 19.1 Å². The van der Waals surface area contributed by atoms with Crippen LogP contribution in [0.4, 0.5) is 5.69 Å². The second-order valence-corrected chi connectivity index (χ2v) is 3.90. The predicted molar refractivity (Wildman–Crippen MR) is 70.8 cm³/mol. The number of anilines is 1. The minimum Gasteiger partial charge on any atom is -0.385 e. The van der Waals surface area contributed by atoms with E-state index in [1.54, 1.807) is 12.3 Å². The molecular weight excluding hydrogens is 244 g/mol. The molecule has 2 aromatic rings. The number of rotatable bonds is 6. The molecule has 0 bridgehead atoms. The van der Waals surface area contributed by atoms with Crippen LogP contribution < -0.4 is 10.6 Å². The summed E-state index contributed by atoms with van der Waals surface area (Å²) in [7, 11) is 0. The van der Waals surface area contributed by atoms with E-state index < -0.39 is 0 Å². The highest BCUT2D eigenvalue weighted by Crippen LogP contribution is 2.07. The SMILES string of the molecule is CCNc1ccnc(C(=O)NCCc2ncn[nH]2)c1. The first-order valence-corrected chi connectivity index (χ1v) is 6.12. The number of hydrogen-bond donors (Lipinski definition) is 3. The molecule has 0 radical (unpaired) electrons. The summed E-state index contributed by atoms with van der Waals surface area (Å²) in [6, 6.07) is 3.56. The summed E-state index contributed by atoms with van der Waals surface area (Å²) in [5.74, 6) is 0.550. The first kappa shape index (κ1) is 13.0. The van der Waals surface area contributed by atoms with Crippen molar-refractivity contribution >= 4 is 11.6 Å². The van der Waals surface area contributed by atoms with E-state index in [2.05, 4.69) is 30.8 Å². The van der Waals surface area contributed by atoms with Gasteiger partial charge in [-0.3, -0.25) is 14.9 Å². The summed E-state index contributed by atoms with van der Waals surface area (Å²) in [5.41, 5.74) is 1.29. The summed E-state index contributed by atoms with van der Waals surface area (Å²) < 4.78 is 0. The van der Waals surface area contributed by atoms with Gasteiger partial charge in [0.1, 0.15) is 17.8 Å². The Hall–Kier alpha value is -2.44. The maximum absolute atomic E-state index is 11.9. The second kappa shape index (κ2) is 6.48. The number of aromatic nitrogens is 4. The maximum Gasteiger partial charge on any atom is 0.269 e. The van der Waals surface area contributed by atoms with Crippen molar-refractivity contribution in [3.05, 3.63) is 36.2 Å². The highest BCUT2D eigenvalue weighted by molar-refractivity contribution is 5.93. The average molecular weight is 260 g/mol. The fourth-order valence-electron chi connectivity index (χ4n) is 1.61. The Balaban J connectivity index is 1.87. The molecule has 0 saturated heterocycles. The Kier molecular flexibility index (Phi) is 4.44. The molecule has 100 valence electrons. The van der Waals surface area contributed by atoms with E-state index in [9.17, 15) is 4.79 Å². The number of carbonyl (C=O) groups excluding carboxylic acids is 1. The normalized spacial score (nSPS) is 10.2. The lowest BCUT2D eigenvalue weighted by Gasteiger charge is -2.06. The minimum absolute atomic E-state index is 0.195. The summed E-state index contributed by atoms with van der Waals surface area (Å²) >= 11 is 0. The van der Waals surface area contributed by atoms with E-state index >= 15 is 0 Å². The van der Waals surface area contributed by atoms with Gasteiger partial charge in [-0.15, -0.1) is 0 Å². The fourth-order valence-corrected chi connectivity index (χ4v) is 1.61. The van der Waals surface area contributed by atoms with Crippen molar-refractivity contribution in [3.8, 4) is 0 Å². The highest BCUT2D eigenvalue weighted by Gasteiger charge is 2.07. The molecule has 2 aromatic heterocycles. The fraction of sp³-hybridized carbons (Fsp3) is 0.333. The lowest BCUT2D eigenvalue weighted by Crippen LogP contribution is -2.26. The van der Waals surface area contributed by atoms with Crippen molar-refractivity contribution in [1.82, 2.24) is 25.5 Å². The van der Waals surface area contributed by atoms with Crippen LogP contribution in [-0.2, 0) is 6.42 Å². The maximum atomic E-state index is 11.9. The molecule has 19 heavy (non-hydrogen) atoms. The molecule has 0 aromatic carbocycles. The summed E-state index contributed by atoms with van der Waals surface area (Å²) in [6.45, 7) is 3.29. The third kappa shape index (κ3) is 3.77. The first-order valence-electron chi connectivity index (χ1n) is 6.12. The first-order chi connectivity index (χ1) is 9.29. The van der Waals surface area contributed by atoms with Crippen molar-refractivity contribution in [3.63, 3.8) is 0 Å². The van der Waals surface area contributed by atoms with Gasteiger partial charge in [-0.25, -0.2) is 4.98 Å². The van der Waals surface area contributed by atoms with Gasteiger partial charge < -0.3 is 10.6 Å². The third-order valence-electron chi connectivity index (χ3n) is 2.49. The monoisotopic (exact) mass is 260 g/mol. The average Bonchev–Trinajstić information content (AvgIpc) is 2.92. The van der Waals surface area contributed by atoms with Crippen molar-refractivity contribution < 1.29 is 4.79 Å².